The summed E-state index contributed by atoms with van der Waals surface area (Å²) < 4.78 is 1.74. The lowest BCUT2D eigenvalue weighted by atomic mass is 10.1. The molecule has 96 valence electrons. The van der Waals surface area contributed by atoms with Crippen LogP contribution in [0.4, 0.5) is 4.79 Å². The molecule has 5 nitrogen and oxygen atoms in total. The van der Waals surface area contributed by atoms with E-state index in [1.807, 2.05) is 13.2 Å². The molecule has 0 aliphatic heterocycles. The maximum absolute atomic E-state index is 11.7. The Bertz CT molecular complexity index is 359. The number of aromatic nitrogens is 2. The third-order valence-corrected chi connectivity index (χ3v) is 2.52. The fourth-order valence-electron chi connectivity index (χ4n) is 1.50. The zero-order chi connectivity index (χ0) is 12.8. The van der Waals surface area contributed by atoms with Crippen molar-refractivity contribution in [1.29, 1.82) is 0 Å². The molecule has 0 spiro atoms. The first kappa shape index (κ1) is 13.5. The van der Waals surface area contributed by atoms with Gasteiger partial charge in [0, 0.05) is 32.4 Å². The molecule has 0 aliphatic carbocycles. The summed E-state index contributed by atoms with van der Waals surface area (Å²) in [4.78, 5) is 13.4. The second-order valence-electron chi connectivity index (χ2n) is 4.79. The molecule has 0 fully saturated rings. The summed E-state index contributed by atoms with van der Waals surface area (Å²) in [6.45, 7) is 5.60. The van der Waals surface area contributed by atoms with Crippen molar-refractivity contribution in [2.75, 3.05) is 13.6 Å². The maximum atomic E-state index is 11.7. The highest BCUT2D eigenvalue weighted by atomic mass is 16.2. The Morgan fingerprint density at radius 3 is 2.82 bits per heavy atom. The van der Waals surface area contributed by atoms with Crippen molar-refractivity contribution >= 4 is 6.03 Å². The molecular weight excluding hydrogens is 216 g/mol. The zero-order valence-electron chi connectivity index (χ0n) is 11.1. The molecular formula is C12H22N4O. The first-order valence-electron chi connectivity index (χ1n) is 5.95. The van der Waals surface area contributed by atoms with Crippen molar-refractivity contribution < 1.29 is 4.79 Å². The van der Waals surface area contributed by atoms with E-state index in [1.165, 1.54) is 0 Å². The summed E-state index contributed by atoms with van der Waals surface area (Å²) in [7, 11) is 3.66. The predicted octanol–water partition coefficient (Wildman–Crippen LogP) is 1.61. The van der Waals surface area contributed by atoms with Crippen LogP contribution < -0.4 is 5.32 Å². The predicted molar refractivity (Wildman–Crippen MR) is 67.5 cm³/mol. The Kier molecular flexibility index (Phi) is 5.00. The molecule has 1 aromatic rings. The van der Waals surface area contributed by atoms with Crippen LogP contribution in [0.1, 0.15) is 25.8 Å². The minimum Gasteiger partial charge on any atom is -0.338 e. The Hall–Kier alpha value is -1.52. The first-order valence-corrected chi connectivity index (χ1v) is 5.95. The van der Waals surface area contributed by atoms with Crippen molar-refractivity contribution in [2.45, 2.75) is 26.8 Å². The van der Waals surface area contributed by atoms with E-state index in [0.29, 0.717) is 12.5 Å². The molecule has 1 rings (SSSR count). The van der Waals surface area contributed by atoms with Gasteiger partial charge in [0.1, 0.15) is 0 Å². The first-order chi connectivity index (χ1) is 7.99. The van der Waals surface area contributed by atoms with E-state index in [9.17, 15) is 4.79 Å². The second-order valence-corrected chi connectivity index (χ2v) is 4.79. The minimum absolute atomic E-state index is 0.0329. The van der Waals surface area contributed by atoms with E-state index in [-0.39, 0.29) is 6.03 Å². The van der Waals surface area contributed by atoms with Gasteiger partial charge in [-0.1, -0.05) is 13.8 Å². The van der Waals surface area contributed by atoms with Gasteiger partial charge in [0.25, 0.3) is 0 Å². The van der Waals surface area contributed by atoms with Crippen LogP contribution in [0.15, 0.2) is 12.4 Å². The standard InChI is InChI=1S/C12H22N4O/c1-10(2)5-6-13-12(17)15(3)8-11-7-14-16(4)9-11/h7,9-10H,5-6,8H2,1-4H3,(H,13,17). The average Bonchev–Trinajstić information content (AvgIpc) is 2.63. The number of carbonyl (C=O) groups excluding carboxylic acids is 1. The van der Waals surface area contributed by atoms with Crippen LogP contribution in [0.5, 0.6) is 0 Å². The summed E-state index contributed by atoms with van der Waals surface area (Å²) in [5.41, 5.74) is 1.04. The largest absolute Gasteiger partial charge is 0.338 e. The minimum atomic E-state index is -0.0329. The van der Waals surface area contributed by atoms with Gasteiger partial charge in [0.2, 0.25) is 0 Å². The maximum Gasteiger partial charge on any atom is 0.317 e. The lowest BCUT2D eigenvalue weighted by Gasteiger charge is -2.17. The topological polar surface area (TPSA) is 50.2 Å². The Labute approximate surface area is 103 Å². The fraction of sp³-hybridized carbons (Fsp3) is 0.667. The van der Waals surface area contributed by atoms with Crippen LogP contribution in [0.2, 0.25) is 0 Å². The van der Waals surface area contributed by atoms with Crippen molar-refractivity contribution in [2.24, 2.45) is 13.0 Å². The molecule has 5 heteroatoms. The molecule has 0 saturated carbocycles. The van der Waals surface area contributed by atoms with Crippen LogP contribution in [-0.2, 0) is 13.6 Å². The van der Waals surface area contributed by atoms with Crippen molar-refractivity contribution in [3.63, 3.8) is 0 Å². The third kappa shape index (κ3) is 4.89. The highest BCUT2D eigenvalue weighted by Gasteiger charge is 2.09. The molecule has 0 saturated heterocycles. The number of rotatable bonds is 5. The lowest BCUT2D eigenvalue weighted by Crippen LogP contribution is -2.37. The number of carbonyl (C=O) groups is 1. The van der Waals surface area contributed by atoms with Crippen LogP contribution in [-0.4, -0.2) is 34.3 Å². The molecule has 1 heterocycles. The van der Waals surface area contributed by atoms with E-state index >= 15 is 0 Å². The molecule has 17 heavy (non-hydrogen) atoms. The molecule has 1 N–H and O–H groups in total. The average molecular weight is 238 g/mol. The van der Waals surface area contributed by atoms with Crippen LogP contribution in [0, 0.1) is 5.92 Å². The second kappa shape index (κ2) is 6.27. The van der Waals surface area contributed by atoms with Crippen molar-refractivity contribution in [3.05, 3.63) is 18.0 Å². The lowest BCUT2D eigenvalue weighted by molar-refractivity contribution is 0.206. The summed E-state index contributed by atoms with van der Waals surface area (Å²) in [5, 5.41) is 6.97. The quantitative estimate of drug-likeness (QED) is 0.847. The monoisotopic (exact) mass is 238 g/mol. The van der Waals surface area contributed by atoms with E-state index in [2.05, 4.69) is 24.3 Å². The molecule has 0 bridgehead atoms. The Balaban J connectivity index is 2.31. The highest BCUT2D eigenvalue weighted by Crippen LogP contribution is 2.02. The van der Waals surface area contributed by atoms with Gasteiger partial charge in [-0.15, -0.1) is 0 Å². The molecule has 2 amide bonds. The number of hydrogen-bond acceptors (Lipinski definition) is 2. The summed E-state index contributed by atoms with van der Waals surface area (Å²) >= 11 is 0. The van der Waals surface area contributed by atoms with Gasteiger partial charge in [-0.3, -0.25) is 4.68 Å². The van der Waals surface area contributed by atoms with E-state index in [0.717, 1.165) is 18.5 Å². The molecule has 0 radical (unpaired) electrons. The number of nitrogens with one attached hydrogen (secondary N) is 1. The number of nitrogens with zero attached hydrogens (tertiary/aromatic N) is 3. The van der Waals surface area contributed by atoms with Gasteiger partial charge in [-0.05, 0) is 12.3 Å². The van der Waals surface area contributed by atoms with E-state index < -0.39 is 0 Å². The van der Waals surface area contributed by atoms with Crippen LogP contribution in [0.3, 0.4) is 0 Å². The summed E-state index contributed by atoms with van der Waals surface area (Å²) in [5.74, 6) is 0.610. The van der Waals surface area contributed by atoms with Gasteiger partial charge in [-0.25, -0.2) is 4.79 Å². The van der Waals surface area contributed by atoms with Crippen LogP contribution >= 0.6 is 0 Å². The zero-order valence-corrected chi connectivity index (χ0v) is 11.1. The number of aryl methyl sites for hydroxylation is 1. The van der Waals surface area contributed by atoms with Crippen molar-refractivity contribution in [1.82, 2.24) is 20.0 Å². The van der Waals surface area contributed by atoms with Gasteiger partial charge < -0.3 is 10.2 Å². The van der Waals surface area contributed by atoms with Gasteiger partial charge >= 0.3 is 6.03 Å². The molecule has 1 aromatic heterocycles. The van der Waals surface area contributed by atoms with E-state index in [1.54, 1.807) is 22.8 Å². The SMILES string of the molecule is CC(C)CCNC(=O)N(C)Cc1cnn(C)c1. The Morgan fingerprint density at radius 2 is 2.29 bits per heavy atom. The van der Waals surface area contributed by atoms with Gasteiger partial charge in [0.05, 0.1) is 12.7 Å². The third-order valence-electron chi connectivity index (χ3n) is 2.52. The fourth-order valence-corrected chi connectivity index (χ4v) is 1.50. The molecule has 0 aliphatic rings. The Morgan fingerprint density at radius 1 is 1.59 bits per heavy atom. The number of hydrogen-bond donors (Lipinski definition) is 1. The highest BCUT2D eigenvalue weighted by molar-refractivity contribution is 5.73. The molecule has 0 unspecified atom stereocenters. The molecule has 0 aromatic carbocycles. The molecule has 0 atom stereocenters. The van der Waals surface area contributed by atoms with Crippen molar-refractivity contribution in [3.8, 4) is 0 Å². The normalized spacial score (nSPS) is 10.6. The van der Waals surface area contributed by atoms with Crippen LogP contribution in [0.25, 0.3) is 0 Å². The van der Waals surface area contributed by atoms with Gasteiger partial charge in [0.15, 0.2) is 0 Å². The van der Waals surface area contributed by atoms with Gasteiger partial charge in [-0.2, -0.15) is 5.10 Å². The smallest absolute Gasteiger partial charge is 0.317 e. The summed E-state index contributed by atoms with van der Waals surface area (Å²) in [6, 6.07) is -0.0329. The van der Waals surface area contributed by atoms with E-state index in [4.69, 9.17) is 0 Å². The number of amides is 2. The summed E-state index contributed by atoms with van der Waals surface area (Å²) in [6.07, 6.45) is 4.70. The number of urea groups is 1.